The van der Waals surface area contributed by atoms with Crippen LogP contribution in [-0.4, -0.2) is 44.4 Å². The summed E-state index contributed by atoms with van der Waals surface area (Å²) in [6.45, 7) is 2.46. The van der Waals surface area contributed by atoms with Crippen molar-refractivity contribution in [3.8, 4) is 0 Å². The van der Waals surface area contributed by atoms with Crippen molar-refractivity contribution in [2.45, 2.75) is 24.4 Å². The maximum Gasteiger partial charge on any atom is 0.243 e. The topological polar surface area (TPSA) is 116 Å². The Hall–Kier alpha value is -1.48. The molecule has 2 rings (SSSR count). The van der Waals surface area contributed by atoms with Gasteiger partial charge in [-0.3, -0.25) is 4.79 Å². The van der Waals surface area contributed by atoms with Gasteiger partial charge >= 0.3 is 0 Å². The van der Waals surface area contributed by atoms with E-state index in [4.69, 9.17) is 16.2 Å². The highest BCUT2D eigenvalue weighted by atomic mass is 32.2. The van der Waals surface area contributed by atoms with Crippen LogP contribution < -0.4 is 11.5 Å². The first-order valence-corrected chi connectivity index (χ1v) is 8.00. The van der Waals surface area contributed by atoms with E-state index in [0.717, 1.165) is 15.4 Å². The van der Waals surface area contributed by atoms with Gasteiger partial charge in [0, 0.05) is 13.1 Å². The Bertz CT molecular complexity index is 645. The number of sulfonamides is 1. The number of benzene rings is 1. The van der Waals surface area contributed by atoms with E-state index in [1.165, 1.54) is 6.07 Å². The largest absolute Gasteiger partial charge is 0.378 e. The minimum atomic E-state index is -3.79. The molecule has 116 valence electrons. The number of nitrogens with zero attached hydrogens (tertiary/aromatic N) is 1. The van der Waals surface area contributed by atoms with Crippen molar-refractivity contribution in [3.63, 3.8) is 0 Å². The minimum absolute atomic E-state index is 0.0194. The van der Waals surface area contributed by atoms with Crippen LogP contribution in [-0.2, 0) is 26.1 Å². The standard InChI is InChI=1S/C13H19N3O4S/c1-9-6-11(3-2-10(9)7-14)21(18,19)16-4-5-20-8-12(16)13(15)17/h2-3,6,12H,4-5,7-8,14H2,1H3,(H2,15,17). The Morgan fingerprint density at radius 2 is 2.19 bits per heavy atom. The van der Waals surface area contributed by atoms with E-state index in [-0.39, 0.29) is 24.7 Å². The average molecular weight is 313 g/mol. The van der Waals surface area contributed by atoms with Crippen molar-refractivity contribution in [1.82, 2.24) is 4.31 Å². The van der Waals surface area contributed by atoms with E-state index in [0.29, 0.717) is 6.54 Å². The first kappa shape index (κ1) is 15.9. The lowest BCUT2D eigenvalue weighted by Gasteiger charge is -2.32. The third-order valence-corrected chi connectivity index (χ3v) is 5.45. The van der Waals surface area contributed by atoms with Gasteiger partial charge in [-0.15, -0.1) is 0 Å². The van der Waals surface area contributed by atoms with Crippen LogP contribution in [0.2, 0.25) is 0 Å². The van der Waals surface area contributed by atoms with Gasteiger partial charge < -0.3 is 16.2 Å². The number of primary amides is 1. The fraction of sp³-hybridized carbons (Fsp3) is 0.462. The second-order valence-electron chi connectivity index (χ2n) is 4.90. The van der Waals surface area contributed by atoms with Gasteiger partial charge in [-0.25, -0.2) is 8.42 Å². The number of nitrogens with two attached hydrogens (primary N) is 2. The average Bonchev–Trinajstić information content (AvgIpc) is 2.47. The highest BCUT2D eigenvalue weighted by molar-refractivity contribution is 7.89. The molecule has 1 saturated heterocycles. The van der Waals surface area contributed by atoms with Crippen molar-refractivity contribution >= 4 is 15.9 Å². The molecular formula is C13H19N3O4S. The fourth-order valence-electron chi connectivity index (χ4n) is 2.29. The van der Waals surface area contributed by atoms with Gasteiger partial charge in [-0.2, -0.15) is 4.31 Å². The number of rotatable bonds is 4. The van der Waals surface area contributed by atoms with E-state index >= 15 is 0 Å². The molecule has 0 saturated carbocycles. The Kier molecular flexibility index (Phi) is 4.62. The Morgan fingerprint density at radius 1 is 1.48 bits per heavy atom. The van der Waals surface area contributed by atoms with Gasteiger partial charge in [0.1, 0.15) is 6.04 Å². The zero-order chi connectivity index (χ0) is 15.6. The molecule has 1 heterocycles. The first-order chi connectivity index (χ1) is 9.87. The minimum Gasteiger partial charge on any atom is -0.378 e. The van der Waals surface area contributed by atoms with Crippen molar-refractivity contribution < 1.29 is 17.9 Å². The smallest absolute Gasteiger partial charge is 0.243 e. The summed E-state index contributed by atoms with van der Waals surface area (Å²) in [4.78, 5) is 11.6. The number of amides is 1. The van der Waals surface area contributed by atoms with Crippen LogP contribution in [0.4, 0.5) is 0 Å². The summed E-state index contributed by atoms with van der Waals surface area (Å²) in [7, 11) is -3.79. The van der Waals surface area contributed by atoms with Crippen LogP contribution in [0.3, 0.4) is 0 Å². The van der Waals surface area contributed by atoms with Crippen LogP contribution in [0.15, 0.2) is 23.1 Å². The molecule has 21 heavy (non-hydrogen) atoms. The van der Waals surface area contributed by atoms with Crippen LogP contribution in [0.1, 0.15) is 11.1 Å². The molecule has 1 aliphatic heterocycles. The number of hydrogen-bond donors (Lipinski definition) is 2. The predicted molar refractivity (Wildman–Crippen MR) is 76.8 cm³/mol. The summed E-state index contributed by atoms with van der Waals surface area (Å²) in [6.07, 6.45) is 0. The van der Waals surface area contributed by atoms with Crippen LogP contribution >= 0.6 is 0 Å². The second kappa shape index (κ2) is 6.10. The van der Waals surface area contributed by atoms with Gasteiger partial charge in [0.15, 0.2) is 0 Å². The summed E-state index contributed by atoms with van der Waals surface area (Å²) in [5.74, 6) is -0.714. The number of morpholine rings is 1. The molecule has 0 radical (unpaired) electrons. The monoisotopic (exact) mass is 313 g/mol. The number of hydrogen-bond acceptors (Lipinski definition) is 5. The lowest BCUT2D eigenvalue weighted by Crippen LogP contribution is -2.54. The molecule has 1 unspecified atom stereocenters. The molecule has 1 atom stereocenters. The third kappa shape index (κ3) is 3.08. The SMILES string of the molecule is Cc1cc(S(=O)(=O)N2CCOCC2C(N)=O)ccc1CN. The lowest BCUT2D eigenvalue weighted by molar-refractivity contribution is -0.125. The fourth-order valence-corrected chi connectivity index (χ4v) is 3.94. The quantitative estimate of drug-likeness (QED) is 0.764. The summed E-state index contributed by atoms with van der Waals surface area (Å²) >= 11 is 0. The molecule has 0 aromatic heterocycles. The maximum atomic E-state index is 12.7. The van der Waals surface area contributed by atoms with Crippen molar-refractivity contribution in [2.24, 2.45) is 11.5 Å². The maximum absolute atomic E-state index is 12.7. The number of ether oxygens (including phenoxy) is 1. The van der Waals surface area contributed by atoms with Crippen molar-refractivity contribution in [1.29, 1.82) is 0 Å². The molecule has 1 amide bonds. The molecule has 7 nitrogen and oxygen atoms in total. The van der Waals surface area contributed by atoms with E-state index < -0.39 is 22.0 Å². The van der Waals surface area contributed by atoms with Gasteiger partial charge in [0.2, 0.25) is 15.9 Å². The second-order valence-corrected chi connectivity index (χ2v) is 6.79. The van der Waals surface area contributed by atoms with E-state index in [9.17, 15) is 13.2 Å². The van der Waals surface area contributed by atoms with Gasteiger partial charge in [0.05, 0.1) is 18.1 Å². The molecule has 1 aromatic rings. The van der Waals surface area contributed by atoms with Gasteiger partial charge in [-0.1, -0.05) is 6.07 Å². The van der Waals surface area contributed by atoms with Crippen molar-refractivity contribution in [3.05, 3.63) is 29.3 Å². The molecule has 1 aliphatic rings. The summed E-state index contributed by atoms with van der Waals surface area (Å²) < 4.78 is 31.6. The molecular weight excluding hydrogens is 294 g/mol. The number of carbonyl (C=O) groups is 1. The van der Waals surface area contributed by atoms with Gasteiger partial charge in [0.25, 0.3) is 0 Å². The lowest BCUT2D eigenvalue weighted by atomic mass is 10.1. The molecule has 0 aliphatic carbocycles. The predicted octanol–water partition coefficient (Wildman–Crippen LogP) is -0.671. The van der Waals surface area contributed by atoms with Crippen LogP contribution in [0.25, 0.3) is 0 Å². The molecule has 8 heteroatoms. The Morgan fingerprint density at radius 3 is 2.76 bits per heavy atom. The van der Waals surface area contributed by atoms with E-state index in [2.05, 4.69) is 0 Å². The first-order valence-electron chi connectivity index (χ1n) is 6.56. The molecule has 0 spiro atoms. The van der Waals surface area contributed by atoms with E-state index in [1.54, 1.807) is 19.1 Å². The Balaban J connectivity index is 2.40. The third-order valence-electron chi connectivity index (χ3n) is 3.55. The van der Waals surface area contributed by atoms with Crippen molar-refractivity contribution in [2.75, 3.05) is 19.8 Å². The highest BCUT2D eigenvalue weighted by Crippen LogP contribution is 2.22. The zero-order valence-corrected chi connectivity index (χ0v) is 12.6. The molecule has 0 bridgehead atoms. The molecule has 1 aromatic carbocycles. The Labute approximate surface area is 123 Å². The highest BCUT2D eigenvalue weighted by Gasteiger charge is 2.37. The number of carbonyl (C=O) groups excluding carboxylic acids is 1. The summed E-state index contributed by atoms with van der Waals surface area (Å²) in [6, 6.07) is 3.77. The normalized spacial score (nSPS) is 20.4. The van der Waals surface area contributed by atoms with Crippen LogP contribution in [0.5, 0.6) is 0 Å². The van der Waals surface area contributed by atoms with Crippen LogP contribution in [0, 0.1) is 6.92 Å². The number of aryl methyl sites for hydroxylation is 1. The zero-order valence-electron chi connectivity index (χ0n) is 11.8. The summed E-state index contributed by atoms with van der Waals surface area (Å²) in [5.41, 5.74) is 12.5. The summed E-state index contributed by atoms with van der Waals surface area (Å²) in [5, 5.41) is 0. The molecule has 4 N–H and O–H groups in total. The van der Waals surface area contributed by atoms with Gasteiger partial charge in [-0.05, 0) is 30.2 Å². The van der Waals surface area contributed by atoms with E-state index in [1.807, 2.05) is 0 Å². The molecule has 1 fully saturated rings.